The van der Waals surface area contributed by atoms with E-state index in [1.807, 2.05) is 25.1 Å². The van der Waals surface area contributed by atoms with E-state index in [1.54, 1.807) is 24.4 Å². The van der Waals surface area contributed by atoms with Crippen molar-refractivity contribution in [3.8, 4) is 11.5 Å². The molecule has 0 aliphatic rings. The first-order valence-electron chi connectivity index (χ1n) is 6.92. The maximum atomic E-state index is 12.3. The molecule has 3 aromatic rings. The number of nitrogens with one attached hydrogen (secondary N) is 1. The van der Waals surface area contributed by atoms with E-state index < -0.39 is 5.91 Å². The third-order valence-electron chi connectivity index (χ3n) is 3.09. The molecule has 3 N–H and O–H groups in total. The number of carbonyl (C=O) groups is 1. The quantitative estimate of drug-likeness (QED) is 0.767. The smallest absolute Gasteiger partial charge is 0.262 e. The fraction of sp³-hybridized carbons (Fsp3) is 0.0625. The molecule has 0 atom stereocenters. The molecule has 23 heavy (non-hydrogen) atoms. The Balaban J connectivity index is 1.84. The van der Waals surface area contributed by atoms with Crippen molar-refractivity contribution in [1.82, 2.24) is 19.9 Å². The van der Waals surface area contributed by atoms with Gasteiger partial charge in [0.1, 0.15) is 22.9 Å². The molecule has 7 heteroatoms. The Kier molecular flexibility index (Phi) is 3.92. The van der Waals surface area contributed by atoms with Crippen molar-refractivity contribution in [3.63, 3.8) is 0 Å². The molecule has 0 bridgehead atoms. The summed E-state index contributed by atoms with van der Waals surface area (Å²) in [5, 5.41) is 2.67. The van der Waals surface area contributed by atoms with Crippen LogP contribution in [0, 0.1) is 6.92 Å². The van der Waals surface area contributed by atoms with Gasteiger partial charge in [0.2, 0.25) is 0 Å². The minimum absolute atomic E-state index is 0.0887. The highest BCUT2D eigenvalue weighted by Crippen LogP contribution is 2.16. The molecule has 0 aromatic carbocycles. The second-order valence-electron chi connectivity index (χ2n) is 4.83. The minimum atomic E-state index is -0.409. The van der Waals surface area contributed by atoms with Gasteiger partial charge in [-0.05, 0) is 31.2 Å². The fourth-order valence-electron chi connectivity index (χ4n) is 1.98. The fourth-order valence-corrected chi connectivity index (χ4v) is 1.98. The molecule has 0 saturated carbocycles. The first kappa shape index (κ1) is 14.6. The zero-order valence-electron chi connectivity index (χ0n) is 12.4. The van der Waals surface area contributed by atoms with Crippen LogP contribution in [0.3, 0.4) is 0 Å². The van der Waals surface area contributed by atoms with Crippen molar-refractivity contribution in [2.45, 2.75) is 6.92 Å². The third kappa shape index (κ3) is 3.29. The first-order valence-corrected chi connectivity index (χ1v) is 6.92. The van der Waals surface area contributed by atoms with Crippen LogP contribution in [0.25, 0.3) is 11.5 Å². The van der Waals surface area contributed by atoms with E-state index >= 15 is 0 Å². The summed E-state index contributed by atoms with van der Waals surface area (Å²) in [6.07, 6.45) is 3.02. The zero-order valence-corrected chi connectivity index (χ0v) is 12.4. The minimum Gasteiger partial charge on any atom is -0.383 e. The summed E-state index contributed by atoms with van der Waals surface area (Å²) in [6, 6.07) is 10.7. The molecule has 0 saturated heterocycles. The Morgan fingerprint density at radius 1 is 1.09 bits per heavy atom. The molecule has 3 rings (SSSR count). The van der Waals surface area contributed by atoms with Gasteiger partial charge in [-0.15, -0.1) is 0 Å². The van der Waals surface area contributed by atoms with Gasteiger partial charge >= 0.3 is 0 Å². The van der Waals surface area contributed by atoms with E-state index in [9.17, 15) is 4.79 Å². The highest BCUT2D eigenvalue weighted by atomic mass is 16.1. The molecule has 114 valence electrons. The van der Waals surface area contributed by atoms with E-state index in [1.165, 1.54) is 6.20 Å². The van der Waals surface area contributed by atoms with Crippen molar-refractivity contribution >= 4 is 17.5 Å². The van der Waals surface area contributed by atoms with Gasteiger partial charge in [-0.3, -0.25) is 9.78 Å². The number of hydrogen-bond donors (Lipinski definition) is 2. The number of aromatic nitrogens is 4. The molecule has 7 nitrogen and oxygen atoms in total. The van der Waals surface area contributed by atoms with Crippen molar-refractivity contribution < 1.29 is 4.79 Å². The summed E-state index contributed by atoms with van der Waals surface area (Å²) in [6.45, 7) is 1.84. The number of hydrogen-bond acceptors (Lipinski definition) is 6. The van der Waals surface area contributed by atoms with E-state index in [4.69, 9.17) is 5.73 Å². The lowest BCUT2D eigenvalue weighted by Gasteiger charge is -2.07. The van der Waals surface area contributed by atoms with E-state index in [-0.39, 0.29) is 11.4 Å². The van der Waals surface area contributed by atoms with Gasteiger partial charge in [0, 0.05) is 18.1 Å². The SMILES string of the molecule is Cc1cccc(NC(=O)c2cnc(-c3ccccn3)nc2N)n1. The lowest BCUT2D eigenvalue weighted by Crippen LogP contribution is -2.16. The summed E-state index contributed by atoms with van der Waals surface area (Å²) >= 11 is 0. The van der Waals surface area contributed by atoms with Crippen LogP contribution in [0.5, 0.6) is 0 Å². The zero-order chi connectivity index (χ0) is 16.2. The standard InChI is InChI=1S/C16H14N6O/c1-10-5-4-7-13(20-10)21-16(23)11-9-19-15(22-14(11)17)12-6-2-3-8-18-12/h2-9H,1H3,(H2,17,19,22)(H,20,21,23). The number of aryl methyl sites for hydroxylation is 1. The number of nitrogens with zero attached hydrogens (tertiary/aromatic N) is 4. The monoisotopic (exact) mass is 306 g/mol. The summed E-state index contributed by atoms with van der Waals surface area (Å²) in [4.78, 5) is 28.9. The number of amides is 1. The maximum absolute atomic E-state index is 12.3. The molecule has 0 spiro atoms. The third-order valence-corrected chi connectivity index (χ3v) is 3.09. The Morgan fingerprint density at radius 3 is 2.65 bits per heavy atom. The Bertz CT molecular complexity index is 850. The predicted molar refractivity (Wildman–Crippen MR) is 86.6 cm³/mol. The van der Waals surface area contributed by atoms with Crippen LogP contribution in [0.4, 0.5) is 11.6 Å². The second kappa shape index (κ2) is 6.18. The van der Waals surface area contributed by atoms with Crippen LogP contribution in [-0.4, -0.2) is 25.8 Å². The van der Waals surface area contributed by atoms with Gasteiger partial charge in [0.05, 0.1) is 0 Å². The van der Waals surface area contributed by atoms with Gasteiger partial charge in [-0.1, -0.05) is 12.1 Å². The van der Waals surface area contributed by atoms with E-state index in [0.717, 1.165) is 5.69 Å². The Hall–Kier alpha value is -3.35. The van der Waals surface area contributed by atoms with Crippen LogP contribution in [0.2, 0.25) is 0 Å². The predicted octanol–water partition coefficient (Wildman–Crippen LogP) is 2.08. The van der Waals surface area contributed by atoms with Crippen molar-refractivity contribution in [3.05, 3.63) is 60.0 Å². The summed E-state index contributed by atoms with van der Waals surface area (Å²) < 4.78 is 0. The lowest BCUT2D eigenvalue weighted by molar-refractivity contribution is 0.102. The summed E-state index contributed by atoms with van der Waals surface area (Å²) in [5.41, 5.74) is 7.46. The van der Waals surface area contributed by atoms with Crippen molar-refractivity contribution in [2.24, 2.45) is 0 Å². The molecule has 1 amide bonds. The molecule has 3 heterocycles. The van der Waals surface area contributed by atoms with Gasteiger partial charge < -0.3 is 11.1 Å². The molecule has 0 unspecified atom stereocenters. The van der Waals surface area contributed by atoms with Gasteiger partial charge in [-0.25, -0.2) is 15.0 Å². The molecule has 0 aliphatic heterocycles. The van der Waals surface area contributed by atoms with Crippen LogP contribution in [-0.2, 0) is 0 Å². The second-order valence-corrected chi connectivity index (χ2v) is 4.83. The number of nitrogens with two attached hydrogens (primary N) is 1. The summed E-state index contributed by atoms with van der Waals surface area (Å²) in [7, 11) is 0. The van der Waals surface area contributed by atoms with Gasteiger partial charge in [-0.2, -0.15) is 0 Å². The molecular weight excluding hydrogens is 292 g/mol. The molecular formula is C16H14N6O. The van der Waals surface area contributed by atoms with Crippen LogP contribution in [0.1, 0.15) is 16.1 Å². The first-order chi connectivity index (χ1) is 11.1. The van der Waals surface area contributed by atoms with Crippen LogP contribution in [0.15, 0.2) is 48.8 Å². The highest BCUT2D eigenvalue weighted by molar-refractivity contribution is 6.06. The molecule has 3 aromatic heterocycles. The Labute approximate surface area is 132 Å². The Morgan fingerprint density at radius 2 is 1.96 bits per heavy atom. The largest absolute Gasteiger partial charge is 0.383 e. The number of carbonyl (C=O) groups excluding carboxylic acids is 1. The number of pyridine rings is 2. The van der Waals surface area contributed by atoms with Crippen molar-refractivity contribution in [1.29, 1.82) is 0 Å². The van der Waals surface area contributed by atoms with E-state index in [2.05, 4.69) is 25.3 Å². The topological polar surface area (TPSA) is 107 Å². The van der Waals surface area contributed by atoms with Crippen molar-refractivity contribution in [2.75, 3.05) is 11.1 Å². The van der Waals surface area contributed by atoms with E-state index in [0.29, 0.717) is 17.3 Å². The average Bonchev–Trinajstić information content (AvgIpc) is 2.55. The number of rotatable bonds is 3. The van der Waals surface area contributed by atoms with Gasteiger partial charge in [0.15, 0.2) is 5.82 Å². The lowest BCUT2D eigenvalue weighted by atomic mass is 10.2. The number of nitrogen functional groups attached to an aromatic ring is 1. The number of anilines is 2. The van der Waals surface area contributed by atoms with Gasteiger partial charge in [0.25, 0.3) is 5.91 Å². The normalized spacial score (nSPS) is 10.3. The maximum Gasteiger partial charge on any atom is 0.262 e. The van der Waals surface area contributed by atoms with Crippen LogP contribution < -0.4 is 11.1 Å². The highest BCUT2D eigenvalue weighted by Gasteiger charge is 2.14. The molecule has 0 aliphatic carbocycles. The molecule has 0 radical (unpaired) electrons. The van der Waals surface area contributed by atoms with Crippen LogP contribution >= 0.6 is 0 Å². The molecule has 0 fully saturated rings. The summed E-state index contributed by atoms with van der Waals surface area (Å²) in [5.74, 6) is 0.496. The average molecular weight is 306 g/mol.